The smallest absolute Gasteiger partial charge is 0.339 e. The molecular formula is C31H35NO5. The zero-order valence-electron chi connectivity index (χ0n) is 21.6. The largest absolute Gasteiger partial charge is 0.490 e. The van der Waals surface area contributed by atoms with Gasteiger partial charge in [0.05, 0.1) is 30.9 Å². The summed E-state index contributed by atoms with van der Waals surface area (Å²) in [6, 6.07) is 20.4. The van der Waals surface area contributed by atoms with Gasteiger partial charge in [-0.2, -0.15) is 0 Å². The van der Waals surface area contributed by atoms with Crippen molar-refractivity contribution >= 4 is 17.6 Å². The summed E-state index contributed by atoms with van der Waals surface area (Å²) >= 11 is 0. The number of anilines is 1. The Bertz CT molecular complexity index is 1180. The summed E-state index contributed by atoms with van der Waals surface area (Å²) in [4.78, 5) is 24.7. The molecule has 3 aromatic carbocycles. The third-order valence-corrected chi connectivity index (χ3v) is 6.56. The van der Waals surface area contributed by atoms with Gasteiger partial charge in [-0.05, 0) is 86.7 Å². The highest BCUT2D eigenvalue weighted by Gasteiger charge is 2.15. The first kappa shape index (κ1) is 26.3. The van der Waals surface area contributed by atoms with Crippen LogP contribution >= 0.6 is 0 Å². The maximum absolute atomic E-state index is 12.6. The van der Waals surface area contributed by atoms with Crippen LogP contribution < -0.4 is 14.8 Å². The molecule has 0 aromatic heterocycles. The monoisotopic (exact) mass is 501 g/mol. The summed E-state index contributed by atoms with van der Waals surface area (Å²) in [5.74, 6) is 1.58. The first-order valence-corrected chi connectivity index (χ1v) is 13.0. The lowest BCUT2D eigenvalue weighted by molar-refractivity contribution is -0.115. The molecule has 0 unspecified atom stereocenters. The number of hydrogen-bond acceptors (Lipinski definition) is 5. The van der Waals surface area contributed by atoms with Crippen LogP contribution in [0.5, 0.6) is 17.2 Å². The van der Waals surface area contributed by atoms with Gasteiger partial charge in [0.15, 0.2) is 0 Å². The van der Waals surface area contributed by atoms with Gasteiger partial charge in [0, 0.05) is 0 Å². The minimum Gasteiger partial charge on any atom is -0.490 e. The standard InChI is InChI=1S/C31H35NO5/c1-22-10-19-29(28(20-22)31(34)35-2)32-30(33)21-23-11-13-25(14-12-23)37-27-17-15-26(16-18-27)36-24-8-6-4-3-5-7-9-24/h10-20,24H,3-9,21H2,1-2H3,(H,32,33). The quantitative estimate of drug-likeness (QED) is 0.329. The average molecular weight is 502 g/mol. The predicted octanol–water partition coefficient (Wildman–Crippen LogP) is 7.25. The number of carbonyl (C=O) groups is 2. The summed E-state index contributed by atoms with van der Waals surface area (Å²) in [5, 5.41) is 2.81. The molecule has 3 aromatic rings. The molecule has 1 aliphatic carbocycles. The Morgan fingerprint density at radius 1 is 0.811 bits per heavy atom. The third kappa shape index (κ3) is 7.84. The summed E-state index contributed by atoms with van der Waals surface area (Å²) in [6.45, 7) is 1.88. The molecule has 37 heavy (non-hydrogen) atoms. The lowest BCUT2D eigenvalue weighted by Crippen LogP contribution is -2.17. The maximum atomic E-state index is 12.6. The number of esters is 1. The molecule has 0 aliphatic heterocycles. The Hall–Kier alpha value is -3.80. The minimum atomic E-state index is -0.486. The van der Waals surface area contributed by atoms with E-state index in [4.69, 9.17) is 14.2 Å². The fourth-order valence-corrected chi connectivity index (χ4v) is 4.55. The topological polar surface area (TPSA) is 73.9 Å². The van der Waals surface area contributed by atoms with Crippen molar-refractivity contribution in [2.45, 2.75) is 64.4 Å². The van der Waals surface area contributed by atoms with Crippen LogP contribution in [-0.4, -0.2) is 25.1 Å². The van der Waals surface area contributed by atoms with Crippen LogP contribution in [0.25, 0.3) is 0 Å². The van der Waals surface area contributed by atoms with Gasteiger partial charge in [-0.1, -0.05) is 43.0 Å². The number of amides is 1. The normalized spacial score (nSPS) is 14.2. The van der Waals surface area contributed by atoms with E-state index in [0.29, 0.717) is 23.1 Å². The Morgan fingerprint density at radius 3 is 2.05 bits per heavy atom. The number of methoxy groups -OCH3 is 1. The Labute approximate surface area is 218 Å². The Balaban J connectivity index is 1.30. The SMILES string of the molecule is COC(=O)c1cc(C)ccc1NC(=O)Cc1ccc(Oc2ccc(OC3CCCCCCC3)cc2)cc1. The molecule has 0 heterocycles. The number of hydrogen-bond donors (Lipinski definition) is 1. The second kappa shape index (κ2) is 12.9. The van der Waals surface area contributed by atoms with Crippen molar-refractivity contribution in [2.24, 2.45) is 0 Å². The lowest BCUT2D eigenvalue weighted by atomic mass is 9.98. The third-order valence-electron chi connectivity index (χ3n) is 6.56. The van der Waals surface area contributed by atoms with Crippen LogP contribution in [-0.2, 0) is 16.0 Å². The number of aryl methyl sites for hydroxylation is 1. The summed E-state index contributed by atoms with van der Waals surface area (Å²) < 4.78 is 17.0. The molecule has 1 N–H and O–H groups in total. The molecule has 6 heteroatoms. The fourth-order valence-electron chi connectivity index (χ4n) is 4.55. The van der Waals surface area contributed by atoms with Crippen molar-refractivity contribution in [3.63, 3.8) is 0 Å². The van der Waals surface area contributed by atoms with E-state index in [9.17, 15) is 9.59 Å². The van der Waals surface area contributed by atoms with Gasteiger partial charge in [0.2, 0.25) is 5.91 Å². The summed E-state index contributed by atoms with van der Waals surface area (Å²) in [5.41, 5.74) is 2.51. The van der Waals surface area contributed by atoms with Crippen molar-refractivity contribution in [2.75, 3.05) is 12.4 Å². The van der Waals surface area contributed by atoms with E-state index in [1.54, 1.807) is 12.1 Å². The van der Waals surface area contributed by atoms with E-state index >= 15 is 0 Å². The van der Waals surface area contributed by atoms with Crippen molar-refractivity contribution in [3.05, 3.63) is 83.4 Å². The van der Waals surface area contributed by atoms with Gasteiger partial charge in [-0.25, -0.2) is 4.79 Å². The first-order chi connectivity index (χ1) is 18.0. The van der Waals surface area contributed by atoms with E-state index in [-0.39, 0.29) is 12.3 Å². The highest BCUT2D eigenvalue weighted by Crippen LogP contribution is 2.27. The number of benzene rings is 3. The lowest BCUT2D eigenvalue weighted by Gasteiger charge is -2.21. The molecule has 0 bridgehead atoms. The van der Waals surface area contributed by atoms with E-state index in [2.05, 4.69) is 5.32 Å². The van der Waals surface area contributed by atoms with Crippen LogP contribution in [0.3, 0.4) is 0 Å². The van der Waals surface area contributed by atoms with Crippen LogP contribution in [0.1, 0.15) is 66.4 Å². The second-order valence-corrected chi connectivity index (χ2v) is 9.57. The summed E-state index contributed by atoms with van der Waals surface area (Å²) in [7, 11) is 1.32. The van der Waals surface area contributed by atoms with Crippen molar-refractivity contribution in [1.29, 1.82) is 0 Å². The highest BCUT2D eigenvalue weighted by atomic mass is 16.5. The summed E-state index contributed by atoms with van der Waals surface area (Å²) in [6.07, 6.45) is 9.15. The van der Waals surface area contributed by atoms with Crippen molar-refractivity contribution in [1.82, 2.24) is 0 Å². The molecule has 4 rings (SSSR count). The van der Waals surface area contributed by atoms with Gasteiger partial charge < -0.3 is 19.5 Å². The molecule has 0 radical (unpaired) electrons. The minimum absolute atomic E-state index is 0.169. The van der Waals surface area contributed by atoms with E-state index in [1.807, 2.05) is 61.5 Å². The van der Waals surface area contributed by atoms with Crippen LogP contribution in [0.15, 0.2) is 66.7 Å². The number of nitrogens with one attached hydrogen (secondary N) is 1. The molecule has 0 spiro atoms. The van der Waals surface area contributed by atoms with Crippen LogP contribution in [0, 0.1) is 6.92 Å². The number of rotatable bonds is 8. The van der Waals surface area contributed by atoms with E-state index in [1.165, 1.54) is 39.2 Å². The molecule has 1 aliphatic rings. The molecule has 1 saturated carbocycles. The number of carbonyl (C=O) groups excluding carboxylic acids is 2. The van der Waals surface area contributed by atoms with Gasteiger partial charge in [-0.15, -0.1) is 0 Å². The van der Waals surface area contributed by atoms with Gasteiger partial charge in [0.25, 0.3) is 0 Å². The molecule has 1 amide bonds. The molecule has 194 valence electrons. The van der Waals surface area contributed by atoms with Crippen molar-refractivity contribution < 1.29 is 23.8 Å². The molecule has 0 saturated heterocycles. The predicted molar refractivity (Wildman–Crippen MR) is 145 cm³/mol. The zero-order chi connectivity index (χ0) is 26.0. The van der Waals surface area contributed by atoms with Gasteiger partial charge >= 0.3 is 5.97 Å². The number of ether oxygens (including phenoxy) is 3. The highest BCUT2D eigenvalue weighted by molar-refractivity contribution is 6.01. The molecule has 6 nitrogen and oxygen atoms in total. The van der Waals surface area contributed by atoms with E-state index < -0.39 is 5.97 Å². The fraction of sp³-hybridized carbons (Fsp3) is 0.355. The average Bonchev–Trinajstić information content (AvgIpc) is 2.88. The molecule has 1 fully saturated rings. The maximum Gasteiger partial charge on any atom is 0.339 e. The van der Waals surface area contributed by atoms with E-state index in [0.717, 1.165) is 35.5 Å². The van der Waals surface area contributed by atoms with Crippen molar-refractivity contribution in [3.8, 4) is 17.2 Å². The Morgan fingerprint density at radius 2 is 1.41 bits per heavy atom. The second-order valence-electron chi connectivity index (χ2n) is 9.57. The first-order valence-electron chi connectivity index (χ1n) is 13.0. The van der Waals surface area contributed by atoms with Crippen LogP contribution in [0.4, 0.5) is 5.69 Å². The molecule has 0 atom stereocenters. The van der Waals surface area contributed by atoms with Gasteiger partial charge in [0.1, 0.15) is 17.2 Å². The molecular weight excluding hydrogens is 466 g/mol. The Kier molecular flexibility index (Phi) is 9.19. The zero-order valence-corrected chi connectivity index (χ0v) is 21.6. The van der Waals surface area contributed by atoms with Crippen LogP contribution in [0.2, 0.25) is 0 Å². The van der Waals surface area contributed by atoms with Gasteiger partial charge in [-0.3, -0.25) is 4.79 Å².